The fraction of sp³-hybridized carbons (Fsp3) is 0.286. The second-order valence-corrected chi connectivity index (χ2v) is 5.37. The van der Waals surface area contributed by atoms with Gasteiger partial charge < -0.3 is 23.7 Å². The summed E-state index contributed by atoms with van der Waals surface area (Å²) in [5.41, 5.74) is 0.807. The lowest BCUT2D eigenvalue weighted by Gasteiger charge is -2.09. The van der Waals surface area contributed by atoms with Crippen molar-refractivity contribution in [2.45, 2.75) is 6.92 Å². The number of hydrogen-bond acceptors (Lipinski definition) is 6. The zero-order chi connectivity index (χ0) is 19.5. The number of hydrogen-bond donors (Lipinski definition) is 0. The maximum Gasteiger partial charge on any atom is 0.330 e. The van der Waals surface area contributed by atoms with Gasteiger partial charge in [-0.2, -0.15) is 0 Å². The first-order valence-electron chi connectivity index (χ1n) is 8.58. The van der Waals surface area contributed by atoms with Crippen molar-refractivity contribution in [3.63, 3.8) is 0 Å². The van der Waals surface area contributed by atoms with Crippen LogP contribution in [0.2, 0.25) is 0 Å². The molecule has 0 saturated heterocycles. The highest BCUT2D eigenvalue weighted by molar-refractivity contribution is 5.87. The van der Waals surface area contributed by atoms with Crippen LogP contribution in [-0.2, 0) is 9.53 Å². The van der Waals surface area contributed by atoms with E-state index >= 15 is 0 Å². The van der Waals surface area contributed by atoms with Gasteiger partial charge in [0.05, 0.1) is 20.8 Å². The average molecular weight is 372 g/mol. The Morgan fingerprint density at radius 2 is 1.63 bits per heavy atom. The third kappa shape index (κ3) is 6.58. The SMILES string of the molecule is CCOc1ccc(/C=C/C(=O)OCCOc2ccc(OC)cc2)cc1OC. The molecule has 27 heavy (non-hydrogen) atoms. The van der Waals surface area contributed by atoms with E-state index in [0.29, 0.717) is 23.9 Å². The highest BCUT2D eigenvalue weighted by Gasteiger charge is 2.04. The van der Waals surface area contributed by atoms with E-state index in [0.717, 1.165) is 11.3 Å². The zero-order valence-electron chi connectivity index (χ0n) is 15.8. The van der Waals surface area contributed by atoms with E-state index in [9.17, 15) is 4.79 Å². The normalized spacial score (nSPS) is 10.5. The summed E-state index contributed by atoms with van der Waals surface area (Å²) in [7, 11) is 3.18. The van der Waals surface area contributed by atoms with Crippen LogP contribution in [0.3, 0.4) is 0 Å². The molecule has 0 radical (unpaired) electrons. The number of methoxy groups -OCH3 is 2. The maximum absolute atomic E-state index is 11.8. The van der Waals surface area contributed by atoms with Crippen molar-refractivity contribution in [3.8, 4) is 23.0 Å². The van der Waals surface area contributed by atoms with Crippen LogP contribution in [0.15, 0.2) is 48.5 Å². The fourth-order valence-electron chi connectivity index (χ4n) is 2.25. The summed E-state index contributed by atoms with van der Waals surface area (Å²) in [6.07, 6.45) is 3.02. The molecule has 0 aliphatic carbocycles. The molecule has 0 spiro atoms. The van der Waals surface area contributed by atoms with Crippen molar-refractivity contribution >= 4 is 12.0 Å². The van der Waals surface area contributed by atoms with Crippen LogP contribution in [0.5, 0.6) is 23.0 Å². The quantitative estimate of drug-likeness (QED) is 0.360. The minimum absolute atomic E-state index is 0.155. The topological polar surface area (TPSA) is 63.2 Å². The molecule has 2 rings (SSSR count). The molecule has 6 nitrogen and oxygen atoms in total. The third-order valence-corrected chi connectivity index (χ3v) is 3.56. The summed E-state index contributed by atoms with van der Waals surface area (Å²) in [4.78, 5) is 11.8. The summed E-state index contributed by atoms with van der Waals surface area (Å²) >= 11 is 0. The molecular formula is C21H24O6. The van der Waals surface area contributed by atoms with Gasteiger partial charge in [0.2, 0.25) is 0 Å². The minimum Gasteiger partial charge on any atom is -0.497 e. The smallest absolute Gasteiger partial charge is 0.330 e. The van der Waals surface area contributed by atoms with Gasteiger partial charge in [0.25, 0.3) is 0 Å². The molecule has 0 N–H and O–H groups in total. The Balaban J connectivity index is 1.77. The summed E-state index contributed by atoms with van der Waals surface area (Å²) < 4.78 is 26.4. The number of benzene rings is 2. The lowest BCUT2D eigenvalue weighted by Crippen LogP contribution is -2.10. The van der Waals surface area contributed by atoms with Gasteiger partial charge in [-0.25, -0.2) is 4.79 Å². The first kappa shape index (κ1) is 20.2. The van der Waals surface area contributed by atoms with Crippen LogP contribution in [0.25, 0.3) is 6.08 Å². The Kier molecular flexibility index (Phi) is 8.03. The van der Waals surface area contributed by atoms with E-state index in [4.69, 9.17) is 23.7 Å². The Labute approximate surface area is 159 Å². The number of rotatable bonds is 10. The van der Waals surface area contributed by atoms with Crippen LogP contribution < -0.4 is 18.9 Å². The third-order valence-electron chi connectivity index (χ3n) is 3.56. The van der Waals surface area contributed by atoms with Gasteiger partial charge in [0, 0.05) is 6.08 Å². The predicted octanol–water partition coefficient (Wildman–Crippen LogP) is 3.74. The molecule has 0 atom stereocenters. The molecule has 0 fully saturated rings. The molecule has 2 aromatic carbocycles. The van der Waals surface area contributed by atoms with Gasteiger partial charge in [-0.15, -0.1) is 0 Å². The molecule has 6 heteroatoms. The van der Waals surface area contributed by atoms with E-state index in [1.807, 2.05) is 13.0 Å². The summed E-state index contributed by atoms with van der Waals surface area (Å²) in [6.45, 7) is 2.88. The van der Waals surface area contributed by atoms with E-state index in [1.54, 1.807) is 56.7 Å². The summed E-state index contributed by atoms with van der Waals surface area (Å²) in [5, 5.41) is 0. The van der Waals surface area contributed by atoms with Crippen molar-refractivity contribution < 1.29 is 28.5 Å². The Hall–Kier alpha value is -3.15. The molecule has 0 aromatic heterocycles. The van der Waals surface area contributed by atoms with E-state index in [1.165, 1.54) is 6.08 Å². The zero-order valence-corrected chi connectivity index (χ0v) is 15.8. The molecular weight excluding hydrogens is 348 g/mol. The Morgan fingerprint density at radius 3 is 2.30 bits per heavy atom. The van der Waals surface area contributed by atoms with Crippen LogP contribution in [0.4, 0.5) is 0 Å². The lowest BCUT2D eigenvalue weighted by atomic mass is 10.2. The van der Waals surface area contributed by atoms with Gasteiger partial charge in [-0.1, -0.05) is 6.07 Å². The standard InChI is InChI=1S/C21H24O6/c1-4-25-19-11-5-16(15-20(19)24-3)6-12-21(22)27-14-13-26-18-9-7-17(23-2)8-10-18/h5-12,15H,4,13-14H2,1-3H3/b12-6+. The van der Waals surface area contributed by atoms with Gasteiger partial charge in [0.15, 0.2) is 11.5 Å². The number of ether oxygens (including phenoxy) is 5. The fourth-order valence-corrected chi connectivity index (χ4v) is 2.25. The lowest BCUT2D eigenvalue weighted by molar-refractivity contribution is -0.138. The Morgan fingerprint density at radius 1 is 0.889 bits per heavy atom. The number of carbonyl (C=O) groups excluding carboxylic acids is 1. The molecule has 0 heterocycles. The van der Waals surface area contributed by atoms with Gasteiger partial charge >= 0.3 is 5.97 Å². The summed E-state index contributed by atoms with van der Waals surface area (Å²) in [6, 6.07) is 12.6. The van der Waals surface area contributed by atoms with Crippen LogP contribution in [-0.4, -0.2) is 40.0 Å². The average Bonchev–Trinajstić information content (AvgIpc) is 2.71. The summed E-state index contributed by atoms with van der Waals surface area (Å²) in [5.74, 6) is 2.27. The molecule has 0 aliphatic heterocycles. The van der Waals surface area contributed by atoms with Gasteiger partial charge in [-0.05, 0) is 55.0 Å². The largest absolute Gasteiger partial charge is 0.497 e. The number of carbonyl (C=O) groups is 1. The monoisotopic (exact) mass is 372 g/mol. The first-order chi connectivity index (χ1) is 13.2. The van der Waals surface area contributed by atoms with Crippen molar-refractivity contribution in [1.82, 2.24) is 0 Å². The highest BCUT2D eigenvalue weighted by Crippen LogP contribution is 2.28. The predicted molar refractivity (Wildman–Crippen MR) is 103 cm³/mol. The maximum atomic E-state index is 11.8. The van der Waals surface area contributed by atoms with Crippen molar-refractivity contribution in [2.75, 3.05) is 34.0 Å². The highest BCUT2D eigenvalue weighted by atomic mass is 16.6. The van der Waals surface area contributed by atoms with Crippen molar-refractivity contribution in [2.24, 2.45) is 0 Å². The molecule has 0 aliphatic rings. The van der Waals surface area contributed by atoms with Gasteiger partial charge in [0.1, 0.15) is 24.7 Å². The van der Waals surface area contributed by atoms with Gasteiger partial charge in [-0.3, -0.25) is 0 Å². The minimum atomic E-state index is -0.443. The molecule has 0 bridgehead atoms. The molecule has 0 unspecified atom stereocenters. The number of esters is 1. The van der Waals surface area contributed by atoms with Crippen LogP contribution in [0, 0.1) is 0 Å². The second kappa shape index (κ2) is 10.8. The Bertz CT molecular complexity index is 752. The van der Waals surface area contributed by atoms with Crippen LogP contribution >= 0.6 is 0 Å². The van der Waals surface area contributed by atoms with Crippen molar-refractivity contribution in [3.05, 3.63) is 54.1 Å². The molecule has 144 valence electrons. The van der Waals surface area contributed by atoms with Crippen LogP contribution in [0.1, 0.15) is 12.5 Å². The molecule has 0 amide bonds. The van der Waals surface area contributed by atoms with Crippen molar-refractivity contribution in [1.29, 1.82) is 0 Å². The second-order valence-electron chi connectivity index (χ2n) is 5.37. The van der Waals surface area contributed by atoms with E-state index in [-0.39, 0.29) is 13.2 Å². The molecule has 0 saturated carbocycles. The first-order valence-corrected chi connectivity index (χ1v) is 8.58. The van der Waals surface area contributed by atoms with E-state index in [2.05, 4.69) is 0 Å². The molecule has 2 aromatic rings. The van der Waals surface area contributed by atoms with E-state index < -0.39 is 5.97 Å².